The predicted octanol–water partition coefficient (Wildman–Crippen LogP) is 1.85. The minimum absolute atomic E-state index is 0.149. The number of anilines is 1. The van der Waals surface area contributed by atoms with Crippen molar-refractivity contribution in [2.24, 2.45) is 0 Å². The molecule has 1 atom stereocenters. The Morgan fingerprint density at radius 3 is 2.85 bits per heavy atom. The zero-order valence-corrected chi connectivity index (χ0v) is 15.0. The van der Waals surface area contributed by atoms with Crippen LogP contribution in [-0.4, -0.2) is 63.9 Å². The predicted molar refractivity (Wildman–Crippen MR) is 93.6 cm³/mol. The first-order valence-electron chi connectivity index (χ1n) is 9.03. The second kappa shape index (κ2) is 7.69. The van der Waals surface area contributed by atoms with Crippen LogP contribution in [0.5, 0.6) is 0 Å². The molecule has 7 nitrogen and oxygen atoms in total. The highest BCUT2D eigenvalue weighted by atomic mass is 19.3. The van der Waals surface area contributed by atoms with Gasteiger partial charge in [0.05, 0.1) is 6.54 Å². The number of rotatable bonds is 4. The molecule has 2 fully saturated rings. The number of likely N-dealkylation sites (N-methyl/N-ethyl adjacent to an activating group) is 1. The van der Waals surface area contributed by atoms with E-state index in [9.17, 15) is 13.6 Å². The van der Waals surface area contributed by atoms with Crippen molar-refractivity contribution in [2.45, 2.75) is 56.7 Å². The van der Waals surface area contributed by atoms with Crippen molar-refractivity contribution in [1.29, 1.82) is 0 Å². The molecule has 26 heavy (non-hydrogen) atoms. The zero-order chi connectivity index (χ0) is 18.7. The van der Waals surface area contributed by atoms with E-state index in [2.05, 4.69) is 20.2 Å². The molecule has 0 spiro atoms. The van der Waals surface area contributed by atoms with Crippen LogP contribution in [0.15, 0.2) is 12.3 Å². The number of carbonyl (C=O) groups is 1. The smallest absolute Gasteiger partial charge is 0.317 e. The Hall–Kier alpha value is -2.03. The first-order valence-corrected chi connectivity index (χ1v) is 9.03. The van der Waals surface area contributed by atoms with E-state index in [-0.39, 0.29) is 31.0 Å². The molecule has 2 amide bonds. The van der Waals surface area contributed by atoms with Gasteiger partial charge in [0.1, 0.15) is 11.6 Å². The first-order chi connectivity index (χ1) is 12.3. The number of likely N-dealkylation sites (tertiary alicyclic amines) is 1. The number of halogens is 2. The Labute approximate surface area is 152 Å². The third-order valence-electron chi connectivity index (χ3n) is 5.24. The van der Waals surface area contributed by atoms with Crippen LogP contribution in [0.3, 0.4) is 0 Å². The van der Waals surface area contributed by atoms with Crippen molar-refractivity contribution in [3.8, 4) is 0 Å². The van der Waals surface area contributed by atoms with Gasteiger partial charge >= 0.3 is 6.03 Å². The molecule has 1 aliphatic heterocycles. The highest BCUT2D eigenvalue weighted by molar-refractivity contribution is 5.74. The van der Waals surface area contributed by atoms with Crippen molar-refractivity contribution in [3.63, 3.8) is 0 Å². The van der Waals surface area contributed by atoms with Crippen LogP contribution in [0.25, 0.3) is 0 Å². The molecule has 0 aromatic carbocycles. The lowest BCUT2D eigenvalue weighted by molar-refractivity contribution is -0.0397. The number of nitrogen functional groups attached to an aromatic ring is 1. The summed E-state index contributed by atoms with van der Waals surface area (Å²) in [6, 6.07) is 1.55. The van der Waals surface area contributed by atoms with Crippen molar-refractivity contribution >= 4 is 11.8 Å². The largest absolute Gasteiger partial charge is 0.384 e. The van der Waals surface area contributed by atoms with Gasteiger partial charge in [-0.2, -0.15) is 0 Å². The summed E-state index contributed by atoms with van der Waals surface area (Å²) in [5, 5.41) is 2.91. The summed E-state index contributed by atoms with van der Waals surface area (Å²) in [4.78, 5) is 24.7. The Bertz CT molecular complexity index is 633. The average molecular weight is 368 g/mol. The number of hydrogen-bond donors (Lipinski definition) is 2. The molecule has 1 aromatic rings. The minimum Gasteiger partial charge on any atom is -0.384 e. The number of nitrogens with zero attached hydrogens (tertiary/aromatic N) is 4. The standard InChI is InChI=1S/C17H26F2N6O/c1-24(11-15-21-8-4-14(20)23-15)13-5-9-25(10-13)16(26)22-12-2-6-17(18,19)7-3-12/h4,8,12-13H,2-3,5-7,9-11H2,1H3,(H,22,26)(H2,20,21,23)/t13-/m0/s1. The van der Waals surface area contributed by atoms with Gasteiger partial charge in [-0.05, 0) is 32.4 Å². The van der Waals surface area contributed by atoms with Gasteiger partial charge in [0.25, 0.3) is 0 Å². The van der Waals surface area contributed by atoms with Crippen LogP contribution < -0.4 is 11.1 Å². The Morgan fingerprint density at radius 2 is 2.15 bits per heavy atom. The van der Waals surface area contributed by atoms with Crippen molar-refractivity contribution in [1.82, 2.24) is 25.1 Å². The molecule has 0 bridgehead atoms. The molecular formula is C17H26F2N6O. The maximum atomic E-state index is 13.2. The Balaban J connectivity index is 1.46. The van der Waals surface area contributed by atoms with Crippen LogP contribution >= 0.6 is 0 Å². The van der Waals surface area contributed by atoms with Gasteiger partial charge in [-0.15, -0.1) is 0 Å². The summed E-state index contributed by atoms with van der Waals surface area (Å²) >= 11 is 0. The van der Waals surface area contributed by atoms with Gasteiger partial charge in [0.2, 0.25) is 5.92 Å². The molecule has 9 heteroatoms. The van der Waals surface area contributed by atoms with E-state index < -0.39 is 5.92 Å². The number of aromatic nitrogens is 2. The van der Waals surface area contributed by atoms with E-state index in [1.165, 1.54) is 0 Å². The molecule has 3 rings (SSSR count). The third-order valence-corrected chi connectivity index (χ3v) is 5.24. The van der Waals surface area contributed by atoms with Crippen LogP contribution in [0.2, 0.25) is 0 Å². The van der Waals surface area contributed by atoms with Gasteiger partial charge in [0.15, 0.2) is 0 Å². The van der Waals surface area contributed by atoms with E-state index in [4.69, 9.17) is 5.73 Å². The molecule has 1 aliphatic carbocycles. The van der Waals surface area contributed by atoms with E-state index in [1.54, 1.807) is 17.2 Å². The lowest BCUT2D eigenvalue weighted by atomic mass is 9.92. The number of carbonyl (C=O) groups excluding carboxylic acids is 1. The van der Waals surface area contributed by atoms with E-state index in [0.29, 0.717) is 44.1 Å². The highest BCUT2D eigenvalue weighted by Crippen LogP contribution is 2.33. The molecule has 1 saturated heterocycles. The summed E-state index contributed by atoms with van der Waals surface area (Å²) in [5.74, 6) is -1.49. The topological polar surface area (TPSA) is 87.4 Å². The third kappa shape index (κ3) is 4.78. The molecule has 2 heterocycles. The molecule has 3 N–H and O–H groups in total. The monoisotopic (exact) mass is 368 g/mol. The average Bonchev–Trinajstić information content (AvgIpc) is 3.07. The van der Waals surface area contributed by atoms with Crippen molar-refractivity contribution in [2.75, 3.05) is 25.9 Å². The molecule has 0 unspecified atom stereocenters. The number of amides is 2. The Kier molecular flexibility index (Phi) is 5.55. The summed E-state index contributed by atoms with van der Waals surface area (Å²) in [6.07, 6.45) is 2.86. The minimum atomic E-state index is -2.58. The van der Waals surface area contributed by atoms with Gasteiger partial charge < -0.3 is 16.0 Å². The summed E-state index contributed by atoms with van der Waals surface area (Å²) < 4.78 is 26.4. The molecule has 0 radical (unpaired) electrons. The normalized spacial score (nSPS) is 23.4. The fourth-order valence-corrected chi connectivity index (χ4v) is 3.58. The number of nitrogens with two attached hydrogens (primary N) is 1. The fraction of sp³-hybridized carbons (Fsp3) is 0.706. The molecular weight excluding hydrogens is 342 g/mol. The van der Waals surface area contributed by atoms with Crippen LogP contribution in [0.1, 0.15) is 37.9 Å². The number of nitrogens with one attached hydrogen (secondary N) is 1. The van der Waals surface area contributed by atoms with Crippen LogP contribution in [0.4, 0.5) is 19.4 Å². The maximum Gasteiger partial charge on any atom is 0.317 e. The Morgan fingerprint density at radius 1 is 1.42 bits per heavy atom. The van der Waals surface area contributed by atoms with Gasteiger partial charge in [-0.3, -0.25) is 4.90 Å². The van der Waals surface area contributed by atoms with Crippen LogP contribution in [-0.2, 0) is 6.54 Å². The van der Waals surface area contributed by atoms with Gasteiger partial charge in [-0.25, -0.2) is 23.5 Å². The zero-order valence-electron chi connectivity index (χ0n) is 15.0. The molecule has 1 saturated carbocycles. The fourth-order valence-electron chi connectivity index (χ4n) is 3.58. The summed E-state index contributed by atoms with van der Waals surface area (Å²) in [6.45, 7) is 1.82. The van der Waals surface area contributed by atoms with E-state index in [0.717, 1.165) is 6.42 Å². The lowest BCUT2D eigenvalue weighted by Crippen LogP contribution is -2.47. The SMILES string of the molecule is CN(Cc1nccc(N)n1)[C@H]1CCN(C(=O)NC2CCC(F)(F)CC2)C1. The second-order valence-electron chi connectivity index (χ2n) is 7.28. The first kappa shape index (κ1) is 18.8. The number of urea groups is 1. The molecule has 1 aromatic heterocycles. The summed E-state index contributed by atoms with van der Waals surface area (Å²) in [7, 11) is 1.97. The van der Waals surface area contributed by atoms with Crippen molar-refractivity contribution < 1.29 is 13.6 Å². The van der Waals surface area contributed by atoms with Gasteiger partial charge in [-0.1, -0.05) is 0 Å². The number of alkyl halides is 2. The van der Waals surface area contributed by atoms with E-state index >= 15 is 0 Å². The highest BCUT2D eigenvalue weighted by Gasteiger charge is 2.36. The van der Waals surface area contributed by atoms with Crippen LogP contribution in [0, 0.1) is 0 Å². The quantitative estimate of drug-likeness (QED) is 0.847. The molecule has 144 valence electrons. The number of hydrogen-bond acceptors (Lipinski definition) is 5. The maximum absolute atomic E-state index is 13.2. The second-order valence-corrected chi connectivity index (χ2v) is 7.28. The molecule has 2 aliphatic rings. The van der Waals surface area contributed by atoms with E-state index in [1.807, 2.05) is 7.05 Å². The summed E-state index contributed by atoms with van der Waals surface area (Å²) in [5.41, 5.74) is 5.68. The van der Waals surface area contributed by atoms with Gasteiger partial charge in [0, 0.05) is 44.2 Å². The lowest BCUT2D eigenvalue weighted by Gasteiger charge is -2.30. The van der Waals surface area contributed by atoms with Crippen molar-refractivity contribution in [3.05, 3.63) is 18.1 Å².